The average Bonchev–Trinajstić information content (AvgIpc) is 2.72. The molecule has 3 rings (SSSR count). The van der Waals surface area contributed by atoms with Gasteiger partial charge in [-0.25, -0.2) is 0 Å². The number of piperidine rings is 1. The van der Waals surface area contributed by atoms with Crippen molar-refractivity contribution in [3.63, 3.8) is 0 Å². The normalized spacial score (nSPS) is 18.7. The number of carbonyl (C=O) groups excluding carboxylic acids is 3. The number of benzene rings is 1. The summed E-state index contributed by atoms with van der Waals surface area (Å²) in [6, 6.07) is 9.93. The lowest BCUT2D eigenvalue weighted by Crippen LogP contribution is -2.42. The van der Waals surface area contributed by atoms with E-state index in [1.165, 1.54) is 0 Å². The zero-order valence-electron chi connectivity index (χ0n) is 17.2. The fourth-order valence-electron chi connectivity index (χ4n) is 3.90. The molecule has 1 aromatic carbocycles. The van der Waals surface area contributed by atoms with Crippen LogP contribution >= 0.6 is 11.6 Å². The van der Waals surface area contributed by atoms with Gasteiger partial charge in [-0.3, -0.25) is 19.4 Å². The third-order valence-corrected chi connectivity index (χ3v) is 5.41. The number of aromatic nitrogens is 1. The summed E-state index contributed by atoms with van der Waals surface area (Å²) in [5.41, 5.74) is 1.11. The molecule has 1 aliphatic heterocycles. The number of Topliss-reactive ketones (excluding diaryl/α,β-unsaturated/α-hetero) is 1. The number of likely N-dealkylation sites (tertiary alicyclic amines) is 1. The predicted octanol–water partition coefficient (Wildman–Crippen LogP) is 4.45. The molecule has 30 heavy (non-hydrogen) atoms. The molecule has 2 aromatic rings. The van der Waals surface area contributed by atoms with E-state index in [4.69, 9.17) is 11.6 Å². The van der Waals surface area contributed by atoms with Gasteiger partial charge in [0, 0.05) is 37.2 Å². The Bertz CT molecular complexity index is 923. The largest absolute Gasteiger partial charge is 0.338 e. The molecule has 0 bridgehead atoms. The van der Waals surface area contributed by atoms with Gasteiger partial charge in [-0.15, -0.1) is 0 Å². The van der Waals surface area contributed by atoms with E-state index in [0.717, 1.165) is 6.42 Å². The molecule has 1 aromatic heterocycles. The maximum Gasteiger partial charge on any atom is 0.256 e. The number of pyridine rings is 1. The van der Waals surface area contributed by atoms with E-state index in [-0.39, 0.29) is 30.4 Å². The van der Waals surface area contributed by atoms with Crippen molar-refractivity contribution in [1.29, 1.82) is 0 Å². The molecule has 0 saturated carbocycles. The van der Waals surface area contributed by atoms with E-state index in [9.17, 15) is 14.4 Å². The number of nitrogens with zero attached hydrogens (tertiary/aromatic N) is 2. The highest BCUT2D eigenvalue weighted by molar-refractivity contribution is 6.31. The van der Waals surface area contributed by atoms with E-state index < -0.39 is 0 Å². The second kappa shape index (κ2) is 9.85. The molecule has 2 atom stereocenters. The van der Waals surface area contributed by atoms with Crippen molar-refractivity contribution < 1.29 is 14.4 Å². The molecule has 0 aliphatic carbocycles. The average molecular weight is 428 g/mol. The molecule has 1 N–H and O–H groups in total. The molecule has 0 spiro atoms. The Morgan fingerprint density at radius 3 is 2.50 bits per heavy atom. The second-order valence-corrected chi connectivity index (χ2v) is 8.47. The van der Waals surface area contributed by atoms with Crippen LogP contribution in [0.3, 0.4) is 0 Å². The van der Waals surface area contributed by atoms with Gasteiger partial charge in [-0.1, -0.05) is 31.5 Å². The topological polar surface area (TPSA) is 79.4 Å². The molecular formula is C23H26ClN3O3. The van der Waals surface area contributed by atoms with Gasteiger partial charge in [0.25, 0.3) is 5.91 Å². The third-order valence-electron chi connectivity index (χ3n) is 5.17. The maximum absolute atomic E-state index is 13.2. The van der Waals surface area contributed by atoms with Crippen LogP contribution in [0.25, 0.3) is 0 Å². The second-order valence-electron chi connectivity index (χ2n) is 8.03. The minimum atomic E-state index is -0.337. The molecule has 0 unspecified atom stereocenters. The molecule has 0 radical (unpaired) electrons. The summed E-state index contributed by atoms with van der Waals surface area (Å²) in [4.78, 5) is 43.6. The molecule has 6 nitrogen and oxygen atoms in total. The summed E-state index contributed by atoms with van der Waals surface area (Å²) >= 11 is 6.13. The molecule has 1 saturated heterocycles. The van der Waals surface area contributed by atoms with Crippen LogP contribution in [0.4, 0.5) is 5.69 Å². The lowest BCUT2D eigenvalue weighted by atomic mass is 9.91. The first-order valence-electron chi connectivity index (χ1n) is 10.2. The summed E-state index contributed by atoms with van der Waals surface area (Å²) in [6.07, 6.45) is 2.68. The lowest BCUT2D eigenvalue weighted by Gasteiger charge is -2.35. The third kappa shape index (κ3) is 5.66. The number of hydrogen-bond donors (Lipinski definition) is 1. The van der Waals surface area contributed by atoms with Crippen molar-refractivity contribution in [3.05, 3.63) is 58.9 Å². The summed E-state index contributed by atoms with van der Waals surface area (Å²) in [5.74, 6) is 0.168. The Hall–Kier alpha value is -2.73. The predicted molar refractivity (Wildman–Crippen MR) is 117 cm³/mol. The first kappa shape index (κ1) is 22.0. The van der Waals surface area contributed by atoms with Gasteiger partial charge in [0.1, 0.15) is 5.69 Å². The van der Waals surface area contributed by atoms with Gasteiger partial charge in [0.15, 0.2) is 5.78 Å². The van der Waals surface area contributed by atoms with Crippen molar-refractivity contribution in [2.75, 3.05) is 18.4 Å². The van der Waals surface area contributed by atoms with Crippen LogP contribution in [0.2, 0.25) is 5.02 Å². The van der Waals surface area contributed by atoms with Gasteiger partial charge in [-0.2, -0.15) is 0 Å². The molecular weight excluding hydrogens is 402 g/mol. The number of hydrogen-bond acceptors (Lipinski definition) is 4. The van der Waals surface area contributed by atoms with Crippen LogP contribution in [0.1, 0.15) is 54.0 Å². The Morgan fingerprint density at radius 1 is 1.10 bits per heavy atom. The highest BCUT2D eigenvalue weighted by Crippen LogP contribution is 2.27. The molecule has 2 amide bonds. The van der Waals surface area contributed by atoms with Gasteiger partial charge >= 0.3 is 0 Å². The van der Waals surface area contributed by atoms with Crippen LogP contribution in [-0.2, 0) is 4.79 Å². The molecule has 1 fully saturated rings. The molecule has 158 valence electrons. The number of halogens is 1. The summed E-state index contributed by atoms with van der Waals surface area (Å²) in [5, 5.41) is 3.20. The zero-order chi connectivity index (χ0) is 21.7. The molecule has 1 aliphatic rings. The number of amides is 2. The van der Waals surface area contributed by atoms with Crippen molar-refractivity contribution in [2.24, 2.45) is 11.8 Å². The summed E-state index contributed by atoms with van der Waals surface area (Å²) < 4.78 is 0. The van der Waals surface area contributed by atoms with E-state index in [1.807, 2.05) is 4.90 Å². The van der Waals surface area contributed by atoms with Gasteiger partial charge in [0.2, 0.25) is 5.91 Å². The van der Waals surface area contributed by atoms with Gasteiger partial charge in [0.05, 0.1) is 11.3 Å². The maximum atomic E-state index is 13.2. The lowest BCUT2D eigenvalue weighted by molar-refractivity contribution is -0.116. The van der Waals surface area contributed by atoms with Crippen molar-refractivity contribution >= 4 is 34.9 Å². The monoisotopic (exact) mass is 427 g/mol. The first-order valence-corrected chi connectivity index (χ1v) is 10.5. The minimum absolute atomic E-state index is 0.00342. The Labute approximate surface area is 181 Å². The van der Waals surface area contributed by atoms with Crippen LogP contribution in [0, 0.1) is 11.8 Å². The van der Waals surface area contributed by atoms with Crippen LogP contribution in [-0.4, -0.2) is 40.6 Å². The van der Waals surface area contributed by atoms with E-state index >= 15 is 0 Å². The van der Waals surface area contributed by atoms with Gasteiger partial charge < -0.3 is 10.2 Å². The standard InChI is InChI=1S/C23H26ClN3O3/c1-15-11-16(2)14-27(13-15)23(30)18-12-17(24)6-7-19(18)26-22(29)9-8-21(28)20-5-3-4-10-25-20/h3-7,10,12,15-16H,8-9,11,13-14H2,1-2H3,(H,26,29)/t15-,16+. The Balaban J connectivity index is 1.68. The highest BCUT2D eigenvalue weighted by Gasteiger charge is 2.28. The number of anilines is 1. The first-order chi connectivity index (χ1) is 14.3. The van der Waals surface area contributed by atoms with Crippen LogP contribution in [0.15, 0.2) is 42.6 Å². The van der Waals surface area contributed by atoms with Crippen molar-refractivity contribution in [2.45, 2.75) is 33.1 Å². The van der Waals surface area contributed by atoms with Crippen molar-refractivity contribution in [1.82, 2.24) is 9.88 Å². The van der Waals surface area contributed by atoms with Gasteiger partial charge in [-0.05, 0) is 48.6 Å². The smallest absolute Gasteiger partial charge is 0.256 e. The summed E-state index contributed by atoms with van der Waals surface area (Å²) in [6.45, 7) is 5.63. The summed E-state index contributed by atoms with van der Waals surface area (Å²) in [7, 11) is 0. The van der Waals surface area contributed by atoms with E-state index in [0.29, 0.717) is 46.9 Å². The fourth-order valence-corrected chi connectivity index (χ4v) is 4.07. The zero-order valence-corrected chi connectivity index (χ0v) is 18.0. The van der Waals surface area contributed by atoms with Crippen LogP contribution in [0.5, 0.6) is 0 Å². The van der Waals surface area contributed by atoms with E-state index in [1.54, 1.807) is 42.6 Å². The highest BCUT2D eigenvalue weighted by atomic mass is 35.5. The number of ketones is 1. The van der Waals surface area contributed by atoms with E-state index in [2.05, 4.69) is 24.1 Å². The SMILES string of the molecule is C[C@@H]1C[C@H](C)CN(C(=O)c2cc(Cl)ccc2NC(=O)CCC(=O)c2ccccn2)C1. The number of nitrogens with one attached hydrogen (secondary N) is 1. The van der Waals surface area contributed by atoms with Crippen molar-refractivity contribution in [3.8, 4) is 0 Å². The molecule has 2 heterocycles. The fraction of sp³-hybridized carbons (Fsp3) is 0.391. The van der Waals surface area contributed by atoms with Crippen LogP contribution < -0.4 is 5.32 Å². The number of carbonyl (C=O) groups is 3. The minimum Gasteiger partial charge on any atom is -0.338 e. The quantitative estimate of drug-likeness (QED) is 0.690. The Kier molecular flexibility index (Phi) is 7.21. The molecule has 7 heteroatoms. The Morgan fingerprint density at radius 2 is 1.83 bits per heavy atom. The number of rotatable bonds is 6.